The Bertz CT molecular complexity index is 444. The van der Waals surface area contributed by atoms with E-state index in [-0.39, 0.29) is 0 Å². The number of nitrogens with two attached hydrogens (primary N) is 1. The molecule has 3 unspecified atom stereocenters. The van der Waals surface area contributed by atoms with Gasteiger partial charge in [0, 0.05) is 15.8 Å². The first-order chi connectivity index (χ1) is 8.61. The van der Waals surface area contributed by atoms with Crippen LogP contribution >= 0.6 is 0 Å². The van der Waals surface area contributed by atoms with Crippen LogP contribution < -0.4 is 5.73 Å². The maximum Gasteiger partial charge on any atom is 0.0564 e. The molecule has 0 saturated heterocycles. The summed E-state index contributed by atoms with van der Waals surface area (Å²) < 4.78 is 12.7. The molecular weight excluding hydrogens is 242 g/mol. The molecule has 1 fully saturated rings. The summed E-state index contributed by atoms with van der Waals surface area (Å²) in [5, 5.41) is 0.323. The SMILES string of the molecule is CCC1CCCC(S(=O)c2cc(N)ccc2C)C1. The van der Waals surface area contributed by atoms with Gasteiger partial charge in [-0.2, -0.15) is 0 Å². The molecule has 1 saturated carbocycles. The van der Waals surface area contributed by atoms with Crippen molar-refractivity contribution in [1.82, 2.24) is 0 Å². The summed E-state index contributed by atoms with van der Waals surface area (Å²) in [6, 6.07) is 5.75. The van der Waals surface area contributed by atoms with Crippen molar-refractivity contribution in [2.45, 2.75) is 56.1 Å². The molecule has 0 heterocycles. The molecule has 0 amide bonds. The predicted octanol–water partition coefficient (Wildman–Crippen LogP) is 3.65. The molecule has 0 radical (unpaired) electrons. The fourth-order valence-electron chi connectivity index (χ4n) is 2.82. The lowest BCUT2D eigenvalue weighted by atomic mass is 9.87. The molecule has 0 spiro atoms. The van der Waals surface area contributed by atoms with E-state index >= 15 is 0 Å². The third-order valence-electron chi connectivity index (χ3n) is 4.04. The molecule has 2 N–H and O–H groups in total. The van der Waals surface area contributed by atoms with Crippen LogP contribution in [0.2, 0.25) is 0 Å². The highest BCUT2D eigenvalue weighted by Gasteiger charge is 2.26. The van der Waals surface area contributed by atoms with Crippen LogP contribution in [-0.2, 0) is 10.8 Å². The van der Waals surface area contributed by atoms with Gasteiger partial charge in [-0.1, -0.05) is 32.3 Å². The number of aryl methyl sites for hydroxylation is 1. The van der Waals surface area contributed by atoms with E-state index in [1.807, 2.05) is 25.1 Å². The van der Waals surface area contributed by atoms with Crippen molar-refractivity contribution >= 4 is 16.5 Å². The molecule has 1 aliphatic rings. The summed E-state index contributed by atoms with van der Waals surface area (Å²) in [6.07, 6.45) is 5.94. The highest BCUT2D eigenvalue weighted by molar-refractivity contribution is 7.85. The first-order valence-electron chi connectivity index (χ1n) is 6.88. The topological polar surface area (TPSA) is 43.1 Å². The van der Waals surface area contributed by atoms with Crippen molar-refractivity contribution in [3.05, 3.63) is 23.8 Å². The average molecular weight is 265 g/mol. The monoisotopic (exact) mass is 265 g/mol. The Hall–Kier alpha value is -0.830. The minimum atomic E-state index is -0.894. The van der Waals surface area contributed by atoms with Crippen molar-refractivity contribution in [3.8, 4) is 0 Å². The maximum absolute atomic E-state index is 12.7. The van der Waals surface area contributed by atoms with E-state index in [4.69, 9.17) is 5.73 Å². The molecule has 1 aromatic carbocycles. The second-order valence-electron chi connectivity index (χ2n) is 5.39. The molecule has 0 bridgehead atoms. The summed E-state index contributed by atoms with van der Waals surface area (Å²) >= 11 is 0. The fraction of sp³-hybridized carbons (Fsp3) is 0.600. The number of rotatable bonds is 3. The zero-order valence-corrected chi connectivity index (χ0v) is 12.1. The van der Waals surface area contributed by atoms with Crippen LogP contribution in [-0.4, -0.2) is 9.46 Å². The van der Waals surface area contributed by atoms with Crippen LogP contribution in [0.25, 0.3) is 0 Å². The van der Waals surface area contributed by atoms with Gasteiger partial charge in [-0.05, 0) is 43.4 Å². The first-order valence-corrected chi connectivity index (χ1v) is 8.09. The van der Waals surface area contributed by atoms with E-state index in [9.17, 15) is 4.21 Å². The van der Waals surface area contributed by atoms with Crippen molar-refractivity contribution < 1.29 is 4.21 Å². The Kier molecular flexibility index (Phi) is 4.44. The number of anilines is 1. The molecule has 2 rings (SSSR count). The quantitative estimate of drug-likeness (QED) is 0.848. The Labute approximate surface area is 112 Å². The summed E-state index contributed by atoms with van der Waals surface area (Å²) in [6.45, 7) is 4.26. The van der Waals surface area contributed by atoms with E-state index in [0.29, 0.717) is 10.9 Å². The molecule has 100 valence electrons. The highest BCUT2D eigenvalue weighted by atomic mass is 32.2. The lowest BCUT2D eigenvalue weighted by molar-refractivity contribution is 0.353. The second kappa shape index (κ2) is 5.87. The summed E-state index contributed by atoms with van der Waals surface area (Å²) in [4.78, 5) is 0.941. The normalized spacial score (nSPS) is 25.9. The number of hydrogen-bond donors (Lipinski definition) is 1. The minimum Gasteiger partial charge on any atom is -0.399 e. The maximum atomic E-state index is 12.7. The van der Waals surface area contributed by atoms with Gasteiger partial charge in [-0.15, -0.1) is 0 Å². The third-order valence-corrected chi connectivity index (χ3v) is 5.95. The second-order valence-corrected chi connectivity index (χ2v) is 7.09. The van der Waals surface area contributed by atoms with Crippen LogP contribution in [0, 0.1) is 12.8 Å². The highest BCUT2D eigenvalue weighted by Crippen LogP contribution is 2.32. The summed E-state index contributed by atoms with van der Waals surface area (Å²) in [7, 11) is -0.894. The van der Waals surface area contributed by atoms with Gasteiger partial charge < -0.3 is 5.73 Å². The fourth-order valence-corrected chi connectivity index (χ4v) is 4.64. The van der Waals surface area contributed by atoms with Gasteiger partial charge >= 0.3 is 0 Å². The van der Waals surface area contributed by atoms with Gasteiger partial charge in [0.05, 0.1) is 10.8 Å². The van der Waals surface area contributed by atoms with Crippen molar-refractivity contribution in [2.75, 3.05) is 5.73 Å². The zero-order valence-electron chi connectivity index (χ0n) is 11.3. The molecule has 0 aliphatic heterocycles. The Balaban J connectivity index is 2.17. The average Bonchev–Trinajstić information content (AvgIpc) is 2.41. The predicted molar refractivity (Wildman–Crippen MR) is 78.0 cm³/mol. The van der Waals surface area contributed by atoms with Gasteiger partial charge in [-0.25, -0.2) is 0 Å². The molecule has 3 heteroatoms. The van der Waals surface area contributed by atoms with Crippen LogP contribution in [0.4, 0.5) is 5.69 Å². The number of hydrogen-bond acceptors (Lipinski definition) is 2. The molecular formula is C15H23NOS. The standard InChI is InChI=1S/C15H23NOS/c1-3-12-5-4-6-14(9-12)18(17)15-10-13(16)8-7-11(15)2/h7-8,10,12,14H,3-6,9,16H2,1-2H3. The minimum absolute atomic E-state index is 0.323. The lowest BCUT2D eigenvalue weighted by Gasteiger charge is -2.28. The van der Waals surface area contributed by atoms with Crippen LogP contribution in [0.1, 0.15) is 44.6 Å². The van der Waals surface area contributed by atoms with Gasteiger partial charge in [0.2, 0.25) is 0 Å². The molecule has 3 atom stereocenters. The van der Waals surface area contributed by atoms with Crippen LogP contribution in [0.5, 0.6) is 0 Å². The van der Waals surface area contributed by atoms with Gasteiger partial charge in [-0.3, -0.25) is 4.21 Å². The molecule has 18 heavy (non-hydrogen) atoms. The Morgan fingerprint density at radius 3 is 2.89 bits per heavy atom. The molecule has 1 aliphatic carbocycles. The van der Waals surface area contributed by atoms with Gasteiger partial charge in [0.25, 0.3) is 0 Å². The smallest absolute Gasteiger partial charge is 0.0564 e. The van der Waals surface area contributed by atoms with Gasteiger partial charge in [0.15, 0.2) is 0 Å². The first kappa shape index (κ1) is 13.6. The van der Waals surface area contributed by atoms with E-state index in [0.717, 1.165) is 29.2 Å². The largest absolute Gasteiger partial charge is 0.399 e. The van der Waals surface area contributed by atoms with Crippen molar-refractivity contribution in [1.29, 1.82) is 0 Å². The van der Waals surface area contributed by atoms with Crippen LogP contribution in [0.3, 0.4) is 0 Å². The molecule has 1 aromatic rings. The van der Waals surface area contributed by atoms with Crippen LogP contribution in [0.15, 0.2) is 23.1 Å². The molecule has 2 nitrogen and oxygen atoms in total. The Morgan fingerprint density at radius 2 is 2.17 bits per heavy atom. The summed E-state index contributed by atoms with van der Waals surface area (Å²) in [5.74, 6) is 0.758. The lowest BCUT2D eigenvalue weighted by Crippen LogP contribution is -2.24. The number of benzene rings is 1. The van der Waals surface area contributed by atoms with Crippen molar-refractivity contribution in [2.24, 2.45) is 5.92 Å². The van der Waals surface area contributed by atoms with E-state index in [1.165, 1.54) is 19.3 Å². The number of nitrogen functional groups attached to an aromatic ring is 1. The molecule has 0 aromatic heterocycles. The van der Waals surface area contributed by atoms with Crippen molar-refractivity contribution in [3.63, 3.8) is 0 Å². The van der Waals surface area contributed by atoms with Gasteiger partial charge in [0.1, 0.15) is 0 Å². The Morgan fingerprint density at radius 1 is 1.39 bits per heavy atom. The van der Waals surface area contributed by atoms with E-state index in [2.05, 4.69) is 6.92 Å². The summed E-state index contributed by atoms with van der Waals surface area (Å²) in [5.41, 5.74) is 7.63. The zero-order chi connectivity index (χ0) is 13.1. The third kappa shape index (κ3) is 2.94. The van der Waals surface area contributed by atoms with E-state index < -0.39 is 10.8 Å². The van der Waals surface area contributed by atoms with E-state index in [1.54, 1.807) is 0 Å².